The summed E-state index contributed by atoms with van der Waals surface area (Å²) in [4.78, 5) is 4.03. The van der Waals surface area contributed by atoms with Crippen LogP contribution in [0.4, 0.5) is 0 Å². The number of aromatic amines is 1. The molecule has 12 heavy (non-hydrogen) atoms. The molecule has 1 atom stereocenters. The second-order valence-electron chi connectivity index (χ2n) is 2.87. The molecule has 0 radical (unpaired) electrons. The van der Waals surface area contributed by atoms with E-state index < -0.39 is 5.54 Å². The number of hydrogen-bond donors (Lipinski definition) is 2. The van der Waals surface area contributed by atoms with Gasteiger partial charge in [0.05, 0.1) is 5.54 Å². The molecule has 0 aromatic carbocycles. The minimum atomic E-state index is -0.495. The number of hydrogen-bond acceptors (Lipinski definition) is 3. The molecule has 2 rings (SSSR count). The molecule has 1 unspecified atom stereocenters. The van der Waals surface area contributed by atoms with Gasteiger partial charge in [0.15, 0.2) is 0 Å². The van der Waals surface area contributed by atoms with E-state index >= 15 is 0 Å². The average molecular weight is 162 g/mol. The molecule has 1 heterocycles. The quantitative estimate of drug-likeness (QED) is 0.631. The van der Waals surface area contributed by atoms with Crippen LogP contribution < -0.4 is 5.73 Å². The molecule has 0 amide bonds. The highest BCUT2D eigenvalue weighted by atomic mass is 15.2. The second kappa shape index (κ2) is 2.57. The first-order valence-corrected chi connectivity index (χ1v) is 3.80. The molecule has 1 aromatic heterocycles. The number of nitrogens with one attached hydrogen (secondary N) is 1. The lowest BCUT2D eigenvalue weighted by molar-refractivity contribution is 0.528. The fraction of sp³-hybridized carbons (Fsp3) is 0.250. The summed E-state index contributed by atoms with van der Waals surface area (Å²) < 4.78 is 0. The highest BCUT2D eigenvalue weighted by molar-refractivity contribution is 5.24. The van der Waals surface area contributed by atoms with Crippen LogP contribution in [-0.4, -0.2) is 15.2 Å². The van der Waals surface area contributed by atoms with Crippen LogP contribution in [0.5, 0.6) is 0 Å². The molecule has 0 spiro atoms. The van der Waals surface area contributed by atoms with Gasteiger partial charge in [-0.3, -0.25) is 5.10 Å². The van der Waals surface area contributed by atoms with Crippen LogP contribution >= 0.6 is 0 Å². The van der Waals surface area contributed by atoms with Crippen molar-refractivity contribution in [2.45, 2.75) is 12.0 Å². The van der Waals surface area contributed by atoms with E-state index in [0.29, 0.717) is 5.82 Å². The molecule has 4 heteroatoms. The van der Waals surface area contributed by atoms with Crippen molar-refractivity contribution in [3.05, 3.63) is 36.5 Å². The zero-order valence-corrected chi connectivity index (χ0v) is 6.57. The molecule has 62 valence electrons. The van der Waals surface area contributed by atoms with E-state index in [-0.39, 0.29) is 0 Å². The number of allylic oxidation sites excluding steroid dienone is 2. The highest BCUT2D eigenvalue weighted by Gasteiger charge is 2.26. The minimum Gasteiger partial charge on any atom is -0.315 e. The van der Waals surface area contributed by atoms with E-state index in [1.54, 1.807) is 0 Å². The Bertz CT molecular complexity index is 312. The van der Waals surface area contributed by atoms with E-state index in [2.05, 4.69) is 15.2 Å². The minimum absolute atomic E-state index is 0.495. The van der Waals surface area contributed by atoms with Crippen LogP contribution in [0.25, 0.3) is 0 Å². The fourth-order valence-corrected chi connectivity index (χ4v) is 1.24. The van der Waals surface area contributed by atoms with E-state index in [1.165, 1.54) is 6.33 Å². The number of aromatic nitrogens is 3. The zero-order valence-electron chi connectivity index (χ0n) is 6.57. The third-order valence-corrected chi connectivity index (χ3v) is 1.95. The summed E-state index contributed by atoms with van der Waals surface area (Å²) in [6, 6.07) is 0. The van der Waals surface area contributed by atoms with Crippen LogP contribution in [0.3, 0.4) is 0 Å². The van der Waals surface area contributed by atoms with Gasteiger partial charge in [-0.15, -0.1) is 0 Å². The van der Waals surface area contributed by atoms with Crippen LogP contribution in [-0.2, 0) is 5.54 Å². The van der Waals surface area contributed by atoms with Crippen LogP contribution in [0.1, 0.15) is 12.2 Å². The molecule has 4 nitrogen and oxygen atoms in total. The van der Waals surface area contributed by atoms with Crippen molar-refractivity contribution in [1.82, 2.24) is 15.2 Å². The van der Waals surface area contributed by atoms with E-state index in [0.717, 1.165) is 6.42 Å². The van der Waals surface area contributed by atoms with Crippen LogP contribution in [0, 0.1) is 0 Å². The third-order valence-electron chi connectivity index (χ3n) is 1.95. The van der Waals surface area contributed by atoms with Gasteiger partial charge in [0, 0.05) is 0 Å². The van der Waals surface area contributed by atoms with Gasteiger partial charge in [-0.2, -0.15) is 5.10 Å². The Kier molecular flexibility index (Phi) is 1.55. The Balaban J connectivity index is 2.34. The predicted octanol–water partition coefficient (Wildman–Crippen LogP) is 0.475. The molecule has 0 saturated carbocycles. The first-order valence-electron chi connectivity index (χ1n) is 3.80. The summed E-state index contributed by atoms with van der Waals surface area (Å²) in [5.41, 5.74) is 5.56. The molecule has 1 aliphatic rings. The maximum absolute atomic E-state index is 6.05. The summed E-state index contributed by atoms with van der Waals surface area (Å²) in [6.07, 6.45) is 10.1. The summed E-state index contributed by atoms with van der Waals surface area (Å²) in [5.74, 6) is 0.711. The molecule has 0 fully saturated rings. The standard InChI is InChI=1S/C8H10N4/c9-8(4-2-1-3-5-8)7-10-6-11-12-7/h1-4,6H,5,9H2,(H,10,11,12). The normalized spacial score (nSPS) is 27.8. The van der Waals surface area contributed by atoms with Gasteiger partial charge < -0.3 is 5.73 Å². The molecule has 0 aliphatic heterocycles. The number of nitrogens with zero attached hydrogens (tertiary/aromatic N) is 2. The Morgan fingerprint density at radius 1 is 1.50 bits per heavy atom. The Hall–Kier alpha value is -1.42. The molecule has 1 aromatic rings. The molecule has 0 saturated heterocycles. The summed E-state index contributed by atoms with van der Waals surface area (Å²) >= 11 is 0. The maximum atomic E-state index is 6.05. The molecular formula is C8H10N4. The highest BCUT2D eigenvalue weighted by Crippen LogP contribution is 2.22. The van der Waals surface area contributed by atoms with Crippen molar-refractivity contribution in [3.8, 4) is 0 Å². The van der Waals surface area contributed by atoms with Crippen molar-refractivity contribution in [2.75, 3.05) is 0 Å². The van der Waals surface area contributed by atoms with Gasteiger partial charge in [-0.05, 0) is 6.42 Å². The predicted molar refractivity (Wildman–Crippen MR) is 45.1 cm³/mol. The molecule has 0 bridgehead atoms. The van der Waals surface area contributed by atoms with Crippen molar-refractivity contribution < 1.29 is 0 Å². The van der Waals surface area contributed by atoms with Crippen molar-refractivity contribution in [3.63, 3.8) is 0 Å². The molecule has 1 aliphatic carbocycles. The first kappa shape index (κ1) is 7.24. The van der Waals surface area contributed by atoms with Crippen LogP contribution in [0.15, 0.2) is 30.6 Å². The van der Waals surface area contributed by atoms with Gasteiger partial charge in [0.25, 0.3) is 0 Å². The Labute approximate surface area is 70.2 Å². The van der Waals surface area contributed by atoms with Gasteiger partial charge in [0.1, 0.15) is 12.2 Å². The van der Waals surface area contributed by atoms with E-state index in [4.69, 9.17) is 5.73 Å². The lowest BCUT2D eigenvalue weighted by Crippen LogP contribution is -2.36. The number of rotatable bonds is 1. The number of nitrogens with two attached hydrogens (primary N) is 1. The third kappa shape index (κ3) is 1.06. The van der Waals surface area contributed by atoms with E-state index in [9.17, 15) is 0 Å². The van der Waals surface area contributed by atoms with Gasteiger partial charge in [0.2, 0.25) is 0 Å². The lowest BCUT2D eigenvalue weighted by Gasteiger charge is -2.22. The fourth-order valence-electron chi connectivity index (χ4n) is 1.24. The maximum Gasteiger partial charge on any atom is 0.148 e. The summed E-state index contributed by atoms with van der Waals surface area (Å²) in [6.45, 7) is 0. The topological polar surface area (TPSA) is 67.6 Å². The van der Waals surface area contributed by atoms with Crippen molar-refractivity contribution in [1.29, 1.82) is 0 Å². The first-order chi connectivity index (χ1) is 5.81. The van der Waals surface area contributed by atoms with Crippen molar-refractivity contribution in [2.24, 2.45) is 5.73 Å². The Morgan fingerprint density at radius 3 is 3.00 bits per heavy atom. The lowest BCUT2D eigenvalue weighted by atomic mass is 9.92. The SMILES string of the molecule is NC1(c2ncn[nH]2)C=CC=CC1. The Morgan fingerprint density at radius 2 is 2.42 bits per heavy atom. The van der Waals surface area contributed by atoms with Gasteiger partial charge >= 0.3 is 0 Å². The average Bonchev–Trinajstić information content (AvgIpc) is 2.58. The second-order valence-corrected chi connectivity index (χ2v) is 2.87. The zero-order chi connectivity index (χ0) is 8.44. The molecular weight excluding hydrogens is 152 g/mol. The summed E-state index contributed by atoms with van der Waals surface area (Å²) in [5, 5.41) is 6.54. The number of H-pyrrole nitrogens is 1. The monoisotopic (exact) mass is 162 g/mol. The van der Waals surface area contributed by atoms with Crippen molar-refractivity contribution >= 4 is 0 Å². The smallest absolute Gasteiger partial charge is 0.148 e. The van der Waals surface area contributed by atoms with Gasteiger partial charge in [-0.1, -0.05) is 24.3 Å². The van der Waals surface area contributed by atoms with Gasteiger partial charge in [-0.25, -0.2) is 4.98 Å². The van der Waals surface area contributed by atoms with E-state index in [1.807, 2.05) is 24.3 Å². The largest absolute Gasteiger partial charge is 0.315 e. The molecule has 3 N–H and O–H groups in total. The summed E-state index contributed by atoms with van der Waals surface area (Å²) in [7, 11) is 0. The van der Waals surface area contributed by atoms with Crippen LogP contribution in [0.2, 0.25) is 0 Å².